The Labute approximate surface area is 203 Å². The molecule has 0 aromatic carbocycles. The monoisotopic (exact) mass is 484 g/mol. The number of pyridine rings is 1. The SMILES string of the molecule is Cc1nc(NC(=O)N2CCC(CN3CCOCC3)C2C(N)=O)sc1-c1ccnc(C2(C)CC2)c1. The van der Waals surface area contributed by atoms with E-state index in [-0.39, 0.29) is 17.4 Å². The smallest absolute Gasteiger partial charge is 0.324 e. The first kappa shape index (κ1) is 23.2. The Balaban J connectivity index is 1.28. The van der Waals surface area contributed by atoms with E-state index in [2.05, 4.69) is 33.2 Å². The number of hydrogen-bond donors (Lipinski definition) is 2. The first-order valence-electron chi connectivity index (χ1n) is 12.0. The van der Waals surface area contributed by atoms with E-state index in [9.17, 15) is 9.59 Å². The van der Waals surface area contributed by atoms with E-state index < -0.39 is 11.9 Å². The number of urea groups is 1. The Bertz CT molecular complexity index is 1080. The van der Waals surface area contributed by atoms with E-state index in [1.54, 1.807) is 4.90 Å². The normalized spacial score (nSPS) is 24.2. The molecule has 1 aliphatic carbocycles. The third-order valence-electron chi connectivity index (χ3n) is 7.32. The van der Waals surface area contributed by atoms with Crippen molar-refractivity contribution in [1.29, 1.82) is 0 Å². The topological polar surface area (TPSA) is 114 Å². The third-order valence-corrected chi connectivity index (χ3v) is 8.44. The molecule has 2 aromatic rings. The first-order chi connectivity index (χ1) is 16.3. The van der Waals surface area contributed by atoms with Gasteiger partial charge in [-0.25, -0.2) is 9.78 Å². The number of primary amides is 1. The number of hydrogen-bond acceptors (Lipinski definition) is 7. The van der Waals surface area contributed by atoms with Gasteiger partial charge in [0, 0.05) is 49.4 Å². The quantitative estimate of drug-likeness (QED) is 0.652. The fourth-order valence-electron chi connectivity index (χ4n) is 5.00. The van der Waals surface area contributed by atoms with Crippen LogP contribution in [0.1, 0.15) is 37.6 Å². The summed E-state index contributed by atoms with van der Waals surface area (Å²) in [6.07, 6.45) is 4.92. The third kappa shape index (κ3) is 4.67. The van der Waals surface area contributed by atoms with Crippen LogP contribution in [0.4, 0.5) is 9.93 Å². The summed E-state index contributed by atoms with van der Waals surface area (Å²) in [5.74, 6) is -0.436. The predicted molar refractivity (Wildman–Crippen MR) is 131 cm³/mol. The van der Waals surface area contributed by atoms with Crippen molar-refractivity contribution in [2.24, 2.45) is 11.7 Å². The van der Waals surface area contributed by atoms with Gasteiger partial charge in [-0.2, -0.15) is 0 Å². The van der Waals surface area contributed by atoms with Crippen LogP contribution in [-0.2, 0) is 14.9 Å². The average Bonchev–Trinajstić information content (AvgIpc) is 3.27. The summed E-state index contributed by atoms with van der Waals surface area (Å²) in [4.78, 5) is 39.5. The molecule has 10 heteroatoms. The van der Waals surface area contributed by atoms with Crippen LogP contribution in [-0.4, -0.2) is 77.1 Å². The maximum absolute atomic E-state index is 13.1. The molecule has 2 atom stereocenters. The summed E-state index contributed by atoms with van der Waals surface area (Å²) in [5.41, 5.74) is 8.96. The lowest BCUT2D eigenvalue weighted by molar-refractivity contribution is -0.122. The van der Waals surface area contributed by atoms with Gasteiger partial charge in [0.2, 0.25) is 5.91 Å². The van der Waals surface area contributed by atoms with Crippen molar-refractivity contribution in [2.75, 3.05) is 44.7 Å². The summed E-state index contributed by atoms with van der Waals surface area (Å²) in [6.45, 7) is 8.49. The number of ether oxygens (including phenoxy) is 1. The lowest BCUT2D eigenvalue weighted by Crippen LogP contribution is -2.50. The Morgan fingerprint density at radius 2 is 2.06 bits per heavy atom. The lowest BCUT2D eigenvalue weighted by atomic mass is 9.99. The van der Waals surface area contributed by atoms with Crippen LogP contribution < -0.4 is 11.1 Å². The number of nitrogens with zero attached hydrogens (tertiary/aromatic N) is 4. The van der Waals surface area contributed by atoms with E-state index in [1.165, 1.54) is 11.3 Å². The number of likely N-dealkylation sites (tertiary alicyclic amines) is 1. The van der Waals surface area contributed by atoms with E-state index in [4.69, 9.17) is 10.5 Å². The number of morpholine rings is 1. The van der Waals surface area contributed by atoms with Gasteiger partial charge >= 0.3 is 6.03 Å². The molecule has 0 spiro atoms. The van der Waals surface area contributed by atoms with Crippen molar-refractivity contribution >= 4 is 28.4 Å². The maximum atomic E-state index is 13.1. The molecule has 4 heterocycles. The molecule has 2 unspecified atom stereocenters. The van der Waals surface area contributed by atoms with Gasteiger partial charge in [0.1, 0.15) is 6.04 Å². The van der Waals surface area contributed by atoms with Gasteiger partial charge in [-0.15, -0.1) is 0 Å². The molecule has 0 radical (unpaired) electrons. The highest BCUT2D eigenvalue weighted by atomic mass is 32.1. The number of aryl methyl sites for hydroxylation is 1. The van der Waals surface area contributed by atoms with Crippen LogP contribution in [0.25, 0.3) is 10.4 Å². The molecule has 3 aliphatic rings. The standard InChI is InChI=1S/C24H32N6O3S/c1-15-20(16-3-7-26-18(13-16)24(2)5-6-24)34-22(27-15)28-23(32)30-8-4-17(19(30)21(25)31)14-29-9-11-33-12-10-29/h3,7,13,17,19H,4-6,8-12,14H2,1-2H3,(H2,25,31)(H,27,28,32). The molecule has 2 aromatic heterocycles. The van der Waals surface area contributed by atoms with Crippen molar-refractivity contribution in [2.45, 2.75) is 44.6 Å². The molecule has 9 nitrogen and oxygen atoms in total. The molecule has 3 fully saturated rings. The molecule has 3 amide bonds. The van der Waals surface area contributed by atoms with E-state index in [0.29, 0.717) is 24.9 Å². The number of rotatable bonds is 6. The Kier molecular flexibility index (Phi) is 6.30. The van der Waals surface area contributed by atoms with E-state index in [1.807, 2.05) is 19.2 Å². The summed E-state index contributed by atoms with van der Waals surface area (Å²) in [7, 11) is 0. The Hall–Kier alpha value is -2.56. The zero-order chi connectivity index (χ0) is 23.9. The number of carbonyl (C=O) groups is 2. The second-order valence-corrected chi connectivity index (χ2v) is 10.9. The van der Waals surface area contributed by atoms with Crippen LogP contribution in [0.2, 0.25) is 0 Å². The number of carbonyl (C=O) groups excluding carboxylic acids is 2. The minimum atomic E-state index is -0.620. The molecular weight excluding hydrogens is 452 g/mol. The molecule has 34 heavy (non-hydrogen) atoms. The second kappa shape index (κ2) is 9.24. The van der Waals surface area contributed by atoms with Crippen molar-refractivity contribution in [3.8, 4) is 10.4 Å². The molecular formula is C24H32N6O3S. The molecule has 0 bridgehead atoms. The van der Waals surface area contributed by atoms with Crippen molar-refractivity contribution < 1.29 is 14.3 Å². The zero-order valence-electron chi connectivity index (χ0n) is 19.7. The van der Waals surface area contributed by atoms with Crippen LogP contribution in [0.3, 0.4) is 0 Å². The highest BCUT2D eigenvalue weighted by molar-refractivity contribution is 7.19. The number of anilines is 1. The molecule has 3 N–H and O–H groups in total. The van der Waals surface area contributed by atoms with E-state index in [0.717, 1.165) is 60.7 Å². The van der Waals surface area contributed by atoms with Crippen molar-refractivity contribution in [3.05, 3.63) is 29.7 Å². The van der Waals surface area contributed by atoms with Crippen molar-refractivity contribution in [1.82, 2.24) is 19.8 Å². The molecule has 1 saturated carbocycles. The summed E-state index contributed by atoms with van der Waals surface area (Å²) < 4.78 is 5.42. The molecule has 2 aliphatic heterocycles. The highest BCUT2D eigenvalue weighted by Gasteiger charge is 2.42. The minimum absolute atomic E-state index is 0.0222. The lowest BCUT2D eigenvalue weighted by Gasteiger charge is -2.31. The number of thiazole rings is 1. The van der Waals surface area contributed by atoms with Crippen LogP contribution in [0, 0.1) is 12.8 Å². The number of nitrogens with one attached hydrogen (secondary N) is 1. The van der Waals surface area contributed by atoms with Crippen molar-refractivity contribution in [3.63, 3.8) is 0 Å². The molecule has 182 valence electrons. The van der Waals surface area contributed by atoms with Crippen LogP contribution in [0.15, 0.2) is 18.3 Å². The fourth-order valence-corrected chi connectivity index (χ4v) is 5.96. The summed E-state index contributed by atoms with van der Waals surface area (Å²) in [5, 5.41) is 3.44. The number of aromatic nitrogens is 2. The number of nitrogens with two attached hydrogens (primary N) is 1. The number of amides is 3. The Morgan fingerprint density at radius 1 is 1.29 bits per heavy atom. The van der Waals surface area contributed by atoms with E-state index >= 15 is 0 Å². The second-order valence-electron chi connectivity index (χ2n) is 9.86. The highest BCUT2D eigenvalue weighted by Crippen LogP contribution is 2.47. The minimum Gasteiger partial charge on any atom is -0.379 e. The average molecular weight is 485 g/mol. The van der Waals surface area contributed by atoms with Crippen LogP contribution in [0.5, 0.6) is 0 Å². The molecule has 5 rings (SSSR count). The van der Waals surface area contributed by atoms with Gasteiger partial charge in [-0.05, 0) is 43.9 Å². The molecule has 2 saturated heterocycles. The Morgan fingerprint density at radius 3 is 2.76 bits per heavy atom. The fraction of sp³-hybridized carbons (Fsp3) is 0.583. The van der Waals surface area contributed by atoms with Gasteiger partial charge in [0.15, 0.2) is 5.13 Å². The van der Waals surface area contributed by atoms with Gasteiger partial charge in [-0.1, -0.05) is 18.3 Å². The van der Waals surface area contributed by atoms with Gasteiger partial charge in [0.05, 0.1) is 23.8 Å². The largest absolute Gasteiger partial charge is 0.379 e. The zero-order valence-corrected chi connectivity index (χ0v) is 20.6. The predicted octanol–water partition coefficient (Wildman–Crippen LogP) is 2.60. The van der Waals surface area contributed by atoms with Gasteiger partial charge < -0.3 is 15.4 Å². The van der Waals surface area contributed by atoms with Gasteiger partial charge in [0.25, 0.3) is 0 Å². The summed E-state index contributed by atoms with van der Waals surface area (Å²) >= 11 is 1.44. The van der Waals surface area contributed by atoms with Crippen LogP contribution >= 0.6 is 11.3 Å². The maximum Gasteiger partial charge on any atom is 0.324 e. The first-order valence-corrected chi connectivity index (χ1v) is 12.8. The summed E-state index contributed by atoms with van der Waals surface area (Å²) in [6, 6.07) is 3.18. The van der Waals surface area contributed by atoms with Gasteiger partial charge in [-0.3, -0.25) is 20.0 Å².